The maximum absolute atomic E-state index is 12.8. The summed E-state index contributed by atoms with van der Waals surface area (Å²) in [6, 6.07) is 0. The van der Waals surface area contributed by atoms with Gasteiger partial charge >= 0.3 is 17.9 Å². The van der Waals surface area contributed by atoms with Crippen molar-refractivity contribution in [2.75, 3.05) is 13.2 Å². The van der Waals surface area contributed by atoms with Gasteiger partial charge in [0.15, 0.2) is 6.10 Å². The Bertz CT molecular complexity index is 1690. The zero-order valence-corrected chi connectivity index (χ0v) is 47.3. The van der Waals surface area contributed by atoms with Crippen LogP contribution in [0.2, 0.25) is 0 Å². The van der Waals surface area contributed by atoms with Gasteiger partial charge < -0.3 is 14.2 Å². The van der Waals surface area contributed by atoms with E-state index in [1.807, 2.05) is 12.2 Å². The van der Waals surface area contributed by atoms with Gasteiger partial charge in [-0.15, -0.1) is 0 Å². The van der Waals surface area contributed by atoms with Crippen molar-refractivity contribution in [3.63, 3.8) is 0 Å². The van der Waals surface area contributed by atoms with Gasteiger partial charge in [0.2, 0.25) is 0 Å². The molecule has 0 spiro atoms. The highest BCUT2D eigenvalue weighted by molar-refractivity contribution is 5.71. The minimum atomic E-state index is -0.835. The Morgan fingerprint density at radius 2 is 0.554 bits per heavy atom. The molecule has 6 heteroatoms. The topological polar surface area (TPSA) is 78.9 Å². The van der Waals surface area contributed by atoms with E-state index in [0.717, 1.165) is 128 Å². The quantitative estimate of drug-likeness (QED) is 0.0261. The summed E-state index contributed by atoms with van der Waals surface area (Å²) in [4.78, 5) is 38.0. The summed E-state index contributed by atoms with van der Waals surface area (Å²) < 4.78 is 16.7. The summed E-state index contributed by atoms with van der Waals surface area (Å²) in [7, 11) is 0. The van der Waals surface area contributed by atoms with Crippen LogP contribution in [0.25, 0.3) is 0 Å². The normalized spacial score (nSPS) is 13.3. The first kappa shape index (κ1) is 69.0. The molecule has 74 heavy (non-hydrogen) atoms. The van der Waals surface area contributed by atoms with Crippen LogP contribution in [0.5, 0.6) is 0 Å². The van der Waals surface area contributed by atoms with Crippen molar-refractivity contribution in [1.82, 2.24) is 0 Å². The third kappa shape index (κ3) is 57.9. The summed E-state index contributed by atoms with van der Waals surface area (Å²) in [6.45, 7) is 6.30. The number of allylic oxidation sites excluding steroid dienone is 26. The summed E-state index contributed by atoms with van der Waals surface area (Å²) >= 11 is 0. The van der Waals surface area contributed by atoms with Crippen LogP contribution in [-0.2, 0) is 28.6 Å². The molecule has 0 saturated heterocycles. The summed E-state index contributed by atoms with van der Waals surface area (Å²) in [5, 5.41) is 0. The van der Waals surface area contributed by atoms with Gasteiger partial charge in [0.05, 0.1) is 0 Å². The lowest BCUT2D eigenvalue weighted by atomic mass is 10.0. The number of esters is 3. The third-order valence-corrected chi connectivity index (χ3v) is 11.8. The molecule has 0 radical (unpaired) electrons. The fraction of sp³-hybridized carbons (Fsp3) is 0.574. The average molecular weight is 1020 g/mol. The van der Waals surface area contributed by atoms with E-state index in [9.17, 15) is 14.4 Å². The van der Waals surface area contributed by atoms with Crippen molar-refractivity contribution in [3.8, 4) is 0 Å². The molecule has 1 atom stereocenters. The fourth-order valence-corrected chi connectivity index (χ4v) is 7.45. The fourth-order valence-electron chi connectivity index (χ4n) is 7.45. The Balaban J connectivity index is 4.40. The molecule has 0 N–H and O–H groups in total. The Morgan fingerprint density at radius 3 is 0.878 bits per heavy atom. The number of carbonyl (C=O) groups excluding carboxylic acids is 3. The van der Waals surface area contributed by atoms with Crippen LogP contribution in [0.15, 0.2) is 158 Å². The predicted molar refractivity (Wildman–Crippen MR) is 320 cm³/mol. The van der Waals surface area contributed by atoms with Crippen molar-refractivity contribution in [2.24, 2.45) is 0 Å². The van der Waals surface area contributed by atoms with Crippen molar-refractivity contribution in [3.05, 3.63) is 158 Å². The number of carbonyl (C=O) groups is 3. The Morgan fingerprint density at radius 1 is 0.284 bits per heavy atom. The third-order valence-electron chi connectivity index (χ3n) is 11.8. The van der Waals surface area contributed by atoms with Crippen molar-refractivity contribution in [1.29, 1.82) is 0 Å². The van der Waals surface area contributed by atoms with Crippen LogP contribution in [-0.4, -0.2) is 37.2 Å². The number of ether oxygens (including phenoxy) is 3. The Hall–Kier alpha value is -4.97. The lowest BCUT2D eigenvalue weighted by molar-refractivity contribution is -0.166. The van der Waals surface area contributed by atoms with E-state index in [1.54, 1.807) is 0 Å². The second kappa shape index (κ2) is 60.6. The van der Waals surface area contributed by atoms with Gasteiger partial charge in [0.1, 0.15) is 13.2 Å². The van der Waals surface area contributed by atoms with E-state index in [2.05, 4.69) is 167 Å². The molecule has 414 valence electrons. The molecule has 6 nitrogen and oxygen atoms in total. The van der Waals surface area contributed by atoms with E-state index in [1.165, 1.54) is 57.8 Å². The monoisotopic (exact) mass is 1020 g/mol. The number of unbranched alkanes of at least 4 members (excludes halogenated alkanes) is 14. The molecule has 1 unspecified atom stereocenters. The van der Waals surface area contributed by atoms with Crippen molar-refractivity contribution >= 4 is 17.9 Å². The summed E-state index contributed by atoms with van der Waals surface area (Å²) in [5.74, 6) is -1.05. The lowest BCUT2D eigenvalue weighted by Gasteiger charge is -2.18. The maximum Gasteiger partial charge on any atom is 0.306 e. The van der Waals surface area contributed by atoms with Gasteiger partial charge in [-0.05, 0) is 116 Å². The van der Waals surface area contributed by atoms with Crippen LogP contribution >= 0.6 is 0 Å². The molecule has 0 rings (SSSR count). The Labute approximate surface area is 454 Å². The zero-order valence-electron chi connectivity index (χ0n) is 47.3. The smallest absolute Gasteiger partial charge is 0.306 e. The van der Waals surface area contributed by atoms with Crippen LogP contribution in [0.3, 0.4) is 0 Å². The summed E-state index contributed by atoms with van der Waals surface area (Å²) in [6.07, 6.45) is 88.3. The molecule has 0 aromatic carbocycles. The van der Waals surface area contributed by atoms with Crippen molar-refractivity contribution < 1.29 is 28.6 Å². The molecule has 0 bridgehead atoms. The van der Waals surface area contributed by atoms with Crippen LogP contribution in [0, 0.1) is 0 Å². The second-order valence-electron chi connectivity index (χ2n) is 18.8. The second-order valence-corrected chi connectivity index (χ2v) is 18.8. The summed E-state index contributed by atoms with van der Waals surface area (Å²) in [5.41, 5.74) is 0. The highest BCUT2D eigenvalue weighted by atomic mass is 16.6. The molecule has 0 aromatic heterocycles. The van der Waals surface area contributed by atoms with Crippen LogP contribution in [0.1, 0.15) is 233 Å². The molecule has 0 fully saturated rings. The molecule has 0 saturated carbocycles. The lowest BCUT2D eigenvalue weighted by Crippen LogP contribution is -2.30. The molecule has 0 aliphatic heterocycles. The minimum absolute atomic E-state index is 0.122. The highest BCUT2D eigenvalue weighted by Gasteiger charge is 2.19. The van der Waals surface area contributed by atoms with E-state index < -0.39 is 12.1 Å². The first-order valence-corrected chi connectivity index (χ1v) is 29.5. The largest absolute Gasteiger partial charge is 0.462 e. The molecule has 0 aromatic rings. The first-order chi connectivity index (χ1) is 36.5. The molecule has 0 aliphatic carbocycles. The number of hydrogen-bond donors (Lipinski definition) is 0. The number of hydrogen-bond acceptors (Lipinski definition) is 6. The van der Waals surface area contributed by atoms with E-state index >= 15 is 0 Å². The standard InChI is InChI=1S/C68H106O6/c1-4-7-10-13-16-19-22-25-26-27-28-29-30-31-32-33-34-35-36-37-38-39-40-41-42-44-46-49-52-55-58-61-67(70)73-64-65(63-72-66(69)60-57-54-51-48-45-24-21-18-15-12-9-6-3)74-68(71)62-59-56-53-50-47-43-23-20-17-14-11-8-5-2/h7-8,10-11,16-17,19-20,25-26,28-29,31-32,34-35,37-38,40-41,43-44,46-47,53,56,65H,4-6,9,12-15,18,21-24,27,30,33,36,39,42,45,48-52,54-55,57-64H2,1-3H3/b10-7-,11-8-,19-16-,20-17-,26-25-,29-28-,32-31-,35-34-,38-37-,41-40-,46-44-,47-43-,56-53-. The molecular weight excluding hydrogens is 913 g/mol. The van der Waals surface area contributed by atoms with Gasteiger partial charge in [-0.25, -0.2) is 0 Å². The molecule has 0 amide bonds. The van der Waals surface area contributed by atoms with E-state index in [0.29, 0.717) is 19.3 Å². The SMILES string of the molecule is CC/C=C\C/C=C\C/C=C\C/C=C\C/C=C\C/C=C\C/C=C\C/C=C\C/C=C\CCCCCC(=O)OCC(COC(=O)CCCCCCCCCCCCCC)OC(=O)CC/C=C\C/C=C\C/C=C\C/C=C\CC. The molecule has 0 heterocycles. The Kier molecular flexibility index (Phi) is 56.5. The van der Waals surface area contributed by atoms with E-state index in [-0.39, 0.29) is 31.6 Å². The van der Waals surface area contributed by atoms with Gasteiger partial charge in [0, 0.05) is 19.3 Å². The highest BCUT2D eigenvalue weighted by Crippen LogP contribution is 2.14. The maximum atomic E-state index is 12.8. The minimum Gasteiger partial charge on any atom is -0.462 e. The van der Waals surface area contributed by atoms with Gasteiger partial charge in [-0.3, -0.25) is 14.4 Å². The van der Waals surface area contributed by atoms with E-state index in [4.69, 9.17) is 14.2 Å². The van der Waals surface area contributed by atoms with Crippen LogP contribution < -0.4 is 0 Å². The average Bonchev–Trinajstić information content (AvgIpc) is 3.40. The zero-order chi connectivity index (χ0) is 53.6. The van der Waals surface area contributed by atoms with Gasteiger partial charge in [-0.1, -0.05) is 256 Å². The first-order valence-electron chi connectivity index (χ1n) is 29.5. The molecule has 0 aliphatic rings. The number of rotatable bonds is 51. The van der Waals surface area contributed by atoms with Gasteiger partial charge in [0.25, 0.3) is 0 Å². The van der Waals surface area contributed by atoms with Crippen LogP contribution in [0.4, 0.5) is 0 Å². The predicted octanol–water partition coefficient (Wildman–Crippen LogP) is 20.1. The molecular formula is C68H106O6. The van der Waals surface area contributed by atoms with Gasteiger partial charge in [-0.2, -0.15) is 0 Å². The van der Waals surface area contributed by atoms with Crippen molar-refractivity contribution in [2.45, 2.75) is 239 Å².